The van der Waals surface area contributed by atoms with E-state index in [1.165, 1.54) is 0 Å². The van der Waals surface area contributed by atoms with Gasteiger partial charge in [-0.05, 0) is 32.1 Å². The molecule has 2 heterocycles. The van der Waals surface area contributed by atoms with Crippen LogP contribution in [-0.4, -0.2) is 67.2 Å². The Morgan fingerprint density at radius 2 is 1.90 bits per heavy atom. The van der Waals surface area contributed by atoms with E-state index in [0.29, 0.717) is 11.9 Å². The lowest BCUT2D eigenvalue weighted by atomic mass is 9.85. The van der Waals surface area contributed by atoms with Crippen LogP contribution in [-0.2, 0) is 9.53 Å². The van der Waals surface area contributed by atoms with E-state index in [-0.39, 0.29) is 12.0 Å². The number of ether oxygens (including phenoxy) is 1. The largest absolute Gasteiger partial charge is 0.379 e. The maximum atomic E-state index is 12.8. The van der Waals surface area contributed by atoms with Gasteiger partial charge in [-0.2, -0.15) is 0 Å². The fourth-order valence-electron chi connectivity index (χ4n) is 4.08. The summed E-state index contributed by atoms with van der Waals surface area (Å²) in [5, 5.41) is 0. The van der Waals surface area contributed by atoms with Crippen LogP contribution in [0.5, 0.6) is 0 Å². The Kier molecular flexibility index (Phi) is 5.14. The van der Waals surface area contributed by atoms with Crippen molar-refractivity contribution in [2.75, 3.05) is 39.4 Å². The summed E-state index contributed by atoms with van der Waals surface area (Å²) < 4.78 is 5.41. The molecule has 3 fully saturated rings. The monoisotopic (exact) mass is 295 g/mol. The van der Waals surface area contributed by atoms with Gasteiger partial charge in [0.15, 0.2) is 0 Å². The van der Waals surface area contributed by atoms with Crippen LogP contribution < -0.4 is 5.73 Å². The molecule has 3 aliphatic rings. The van der Waals surface area contributed by atoms with Crippen LogP contribution in [0.25, 0.3) is 0 Å². The molecule has 1 aliphatic carbocycles. The van der Waals surface area contributed by atoms with Gasteiger partial charge in [-0.3, -0.25) is 9.69 Å². The van der Waals surface area contributed by atoms with Crippen LogP contribution in [0.3, 0.4) is 0 Å². The summed E-state index contributed by atoms with van der Waals surface area (Å²) in [4.78, 5) is 17.4. The second-order valence-corrected chi connectivity index (χ2v) is 6.86. The predicted octanol–water partition coefficient (Wildman–Crippen LogP) is 0.827. The molecule has 0 aromatic rings. The Morgan fingerprint density at radius 1 is 1.10 bits per heavy atom. The number of morpholine rings is 1. The van der Waals surface area contributed by atoms with Gasteiger partial charge >= 0.3 is 0 Å². The molecule has 3 rings (SSSR count). The van der Waals surface area contributed by atoms with E-state index in [1.807, 2.05) is 0 Å². The predicted molar refractivity (Wildman–Crippen MR) is 81.9 cm³/mol. The standard InChI is InChI=1S/C16H29N3O2/c17-14-4-1-3-13(11-14)16(20)19-6-2-5-15(19)12-18-7-9-21-10-8-18/h13-15H,1-12,17H2/t13-,14-,15-/m1/s1. The molecule has 5 nitrogen and oxygen atoms in total. The van der Waals surface area contributed by atoms with Crippen LogP contribution in [0, 0.1) is 5.92 Å². The van der Waals surface area contributed by atoms with Crippen molar-refractivity contribution < 1.29 is 9.53 Å². The fraction of sp³-hybridized carbons (Fsp3) is 0.938. The molecule has 0 aromatic carbocycles. The Morgan fingerprint density at radius 3 is 2.67 bits per heavy atom. The number of carbonyl (C=O) groups excluding carboxylic acids is 1. The number of carbonyl (C=O) groups is 1. The normalized spacial score (nSPS) is 35.1. The van der Waals surface area contributed by atoms with E-state index < -0.39 is 0 Å². The van der Waals surface area contributed by atoms with Gasteiger partial charge in [0.2, 0.25) is 5.91 Å². The number of hydrogen-bond donors (Lipinski definition) is 1. The second kappa shape index (κ2) is 7.07. The third-order valence-electron chi connectivity index (χ3n) is 5.30. The van der Waals surface area contributed by atoms with Crippen molar-refractivity contribution in [3.05, 3.63) is 0 Å². The van der Waals surface area contributed by atoms with Gasteiger partial charge in [0.1, 0.15) is 0 Å². The lowest BCUT2D eigenvalue weighted by Crippen LogP contribution is -2.49. The van der Waals surface area contributed by atoms with Crippen LogP contribution >= 0.6 is 0 Å². The molecule has 1 saturated carbocycles. The number of amides is 1. The molecule has 5 heteroatoms. The first-order chi connectivity index (χ1) is 10.2. The first kappa shape index (κ1) is 15.3. The zero-order valence-electron chi connectivity index (χ0n) is 13.0. The SMILES string of the molecule is N[C@@H]1CCC[C@@H](C(=O)N2CCC[C@@H]2CN2CCOCC2)C1. The van der Waals surface area contributed by atoms with Gasteiger partial charge in [-0.1, -0.05) is 6.42 Å². The Hall–Kier alpha value is -0.650. The van der Waals surface area contributed by atoms with Crippen molar-refractivity contribution in [2.45, 2.75) is 50.6 Å². The quantitative estimate of drug-likeness (QED) is 0.838. The van der Waals surface area contributed by atoms with Crippen LogP contribution in [0.4, 0.5) is 0 Å². The molecule has 0 unspecified atom stereocenters. The lowest BCUT2D eigenvalue weighted by Gasteiger charge is -2.35. The van der Waals surface area contributed by atoms with E-state index in [9.17, 15) is 4.79 Å². The molecule has 21 heavy (non-hydrogen) atoms. The maximum Gasteiger partial charge on any atom is 0.226 e. The molecule has 1 amide bonds. The van der Waals surface area contributed by atoms with E-state index in [4.69, 9.17) is 10.5 Å². The summed E-state index contributed by atoms with van der Waals surface area (Å²) in [5.41, 5.74) is 6.05. The molecule has 2 aliphatic heterocycles. The van der Waals surface area contributed by atoms with Crippen LogP contribution in [0.1, 0.15) is 38.5 Å². The van der Waals surface area contributed by atoms with E-state index in [2.05, 4.69) is 9.80 Å². The van der Waals surface area contributed by atoms with Gasteiger partial charge < -0.3 is 15.4 Å². The van der Waals surface area contributed by atoms with Gasteiger partial charge in [0.25, 0.3) is 0 Å². The first-order valence-electron chi connectivity index (χ1n) is 8.60. The first-order valence-corrected chi connectivity index (χ1v) is 8.60. The maximum absolute atomic E-state index is 12.8. The summed E-state index contributed by atoms with van der Waals surface area (Å²) in [6.07, 6.45) is 6.43. The Bertz CT molecular complexity index is 357. The van der Waals surface area contributed by atoms with Crippen molar-refractivity contribution in [3.63, 3.8) is 0 Å². The molecule has 2 saturated heterocycles. The van der Waals surface area contributed by atoms with Gasteiger partial charge in [0, 0.05) is 44.2 Å². The highest BCUT2D eigenvalue weighted by molar-refractivity contribution is 5.79. The van der Waals surface area contributed by atoms with E-state index in [1.54, 1.807) is 0 Å². The zero-order chi connectivity index (χ0) is 14.7. The topological polar surface area (TPSA) is 58.8 Å². The van der Waals surface area contributed by atoms with E-state index in [0.717, 1.165) is 77.9 Å². The number of hydrogen-bond acceptors (Lipinski definition) is 4. The average Bonchev–Trinajstić information content (AvgIpc) is 2.95. The minimum absolute atomic E-state index is 0.180. The van der Waals surface area contributed by atoms with Crippen molar-refractivity contribution >= 4 is 5.91 Å². The highest BCUT2D eigenvalue weighted by atomic mass is 16.5. The van der Waals surface area contributed by atoms with Crippen LogP contribution in [0.2, 0.25) is 0 Å². The molecule has 0 aromatic heterocycles. The van der Waals surface area contributed by atoms with Crippen molar-refractivity contribution in [3.8, 4) is 0 Å². The van der Waals surface area contributed by atoms with Crippen molar-refractivity contribution in [1.29, 1.82) is 0 Å². The molecule has 2 N–H and O–H groups in total. The number of nitrogens with two attached hydrogens (primary N) is 1. The third kappa shape index (κ3) is 3.76. The zero-order valence-corrected chi connectivity index (χ0v) is 13.0. The minimum atomic E-state index is 0.180. The molecule has 0 spiro atoms. The fourth-order valence-corrected chi connectivity index (χ4v) is 4.08. The summed E-state index contributed by atoms with van der Waals surface area (Å²) in [6, 6.07) is 0.641. The van der Waals surface area contributed by atoms with Gasteiger partial charge in [-0.15, -0.1) is 0 Å². The number of nitrogens with zero attached hydrogens (tertiary/aromatic N) is 2. The summed E-state index contributed by atoms with van der Waals surface area (Å²) in [7, 11) is 0. The number of likely N-dealkylation sites (tertiary alicyclic amines) is 1. The summed E-state index contributed by atoms with van der Waals surface area (Å²) >= 11 is 0. The van der Waals surface area contributed by atoms with Crippen LogP contribution in [0.15, 0.2) is 0 Å². The molecule has 3 atom stereocenters. The van der Waals surface area contributed by atoms with Gasteiger partial charge in [0.05, 0.1) is 13.2 Å². The Labute approximate surface area is 127 Å². The second-order valence-electron chi connectivity index (χ2n) is 6.86. The minimum Gasteiger partial charge on any atom is -0.379 e. The third-order valence-corrected chi connectivity index (χ3v) is 5.30. The molecule has 120 valence electrons. The number of rotatable bonds is 3. The highest BCUT2D eigenvalue weighted by Crippen LogP contribution is 2.28. The van der Waals surface area contributed by atoms with Gasteiger partial charge in [-0.25, -0.2) is 0 Å². The summed E-state index contributed by atoms with van der Waals surface area (Å²) in [5.74, 6) is 0.556. The molecular weight excluding hydrogens is 266 g/mol. The smallest absolute Gasteiger partial charge is 0.226 e. The van der Waals surface area contributed by atoms with E-state index >= 15 is 0 Å². The highest BCUT2D eigenvalue weighted by Gasteiger charge is 2.35. The lowest BCUT2D eigenvalue weighted by molar-refractivity contribution is -0.138. The molecule has 0 radical (unpaired) electrons. The average molecular weight is 295 g/mol. The van der Waals surface area contributed by atoms with Crippen molar-refractivity contribution in [2.24, 2.45) is 11.7 Å². The van der Waals surface area contributed by atoms with Crippen molar-refractivity contribution in [1.82, 2.24) is 9.80 Å². The molecular formula is C16H29N3O2. The molecule has 0 bridgehead atoms. The summed E-state index contributed by atoms with van der Waals surface area (Å²) in [6.45, 7) is 5.64. The Balaban J connectivity index is 1.56.